The normalized spacial score (nSPS) is 21.4. The highest BCUT2D eigenvalue weighted by Gasteiger charge is 2.34. The summed E-state index contributed by atoms with van der Waals surface area (Å²) in [6.07, 6.45) is 2.40. The van der Waals surface area contributed by atoms with Gasteiger partial charge in [-0.3, -0.25) is 14.5 Å². The maximum absolute atomic E-state index is 12.9. The van der Waals surface area contributed by atoms with Crippen molar-refractivity contribution in [2.75, 3.05) is 6.54 Å². The second kappa shape index (κ2) is 6.97. The van der Waals surface area contributed by atoms with Crippen molar-refractivity contribution in [3.05, 3.63) is 22.5 Å². The third-order valence-electron chi connectivity index (χ3n) is 4.95. The molecule has 0 saturated carbocycles. The predicted molar refractivity (Wildman–Crippen MR) is 90.1 cm³/mol. The molecule has 3 atom stereocenters. The predicted octanol–water partition coefficient (Wildman–Crippen LogP) is 2.64. The molecule has 5 nitrogen and oxygen atoms in total. The van der Waals surface area contributed by atoms with Crippen LogP contribution in [0.2, 0.25) is 0 Å². The van der Waals surface area contributed by atoms with Gasteiger partial charge in [0.05, 0.1) is 17.8 Å². The number of nitrogens with one attached hydrogen (secondary N) is 1. The summed E-state index contributed by atoms with van der Waals surface area (Å²) in [5, 5.41) is 9.66. The Bertz CT molecular complexity index is 604. The molecule has 128 valence electrons. The number of ketones is 2. The van der Waals surface area contributed by atoms with Crippen LogP contribution in [-0.2, 0) is 0 Å². The van der Waals surface area contributed by atoms with Crippen LogP contribution in [0.25, 0.3) is 0 Å². The molecule has 1 aromatic rings. The Morgan fingerprint density at radius 2 is 2.00 bits per heavy atom. The van der Waals surface area contributed by atoms with Gasteiger partial charge in [0.15, 0.2) is 11.6 Å². The van der Waals surface area contributed by atoms with Gasteiger partial charge in [0, 0.05) is 17.3 Å². The summed E-state index contributed by atoms with van der Waals surface area (Å²) in [5.41, 5.74) is 2.68. The second-order valence-electron chi connectivity index (χ2n) is 6.84. The first-order chi connectivity index (χ1) is 10.7. The fourth-order valence-corrected chi connectivity index (χ4v) is 3.90. The van der Waals surface area contributed by atoms with Crippen LogP contribution in [0, 0.1) is 13.8 Å². The van der Waals surface area contributed by atoms with E-state index in [1.807, 2.05) is 20.8 Å². The molecule has 0 amide bonds. The van der Waals surface area contributed by atoms with Crippen molar-refractivity contribution in [3.63, 3.8) is 0 Å². The molecule has 1 saturated heterocycles. The Morgan fingerprint density at radius 3 is 2.52 bits per heavy atom. The van der Waals surface area contributed by atoms with Gasteiger partial charge in [-0.05, 0) is 66.0 Å². The Morgan fingerprint density at radius 1 is 1.35 bits per heavy atom. The van der Waals surface area contributed by atoms with Gasteiger partial charge in [-0.25, -0.2) is 0 Å². The minimum absolute atomic E-state index is 0.0175. The number of aromatic amines is 1. The van der Waals surface area contributed by atoms with Crippen LogP contribution in [0.3, 0.4) is 0 Å². The van der Waals surface area contributed by atoms with Gasteiger partial charge in [0.1, 0.15) is 0 Å². The molecule has 23 heavy (non-hydrogen) atoms. The zero-order valence-electron chi connectivity index (χ0n) is 14.8. The lowest BCUT2D eigenvalue weighted by Crippen LogP contribution is -2.43. The number of aliphatic hydroxyl groups excluding tert-OH is 1. The number of nitrogens with zero attached hydrogens (tertiary/aromatic N) is 1. The van der Waals surface area contributed by atoms with E-state index in [9.17, 15) is 14.7 Å². The summed E-state index contributed by atoms with van der Waals surface area (Å²) >= 11 is 0. The monoisotopic (exact) mass is 320 g/mol. The molecular weight excluding hydrogens is 292 g/mol. The standard InChI is InChI=1S/C18H28N2O3/c1-10(21)9-15-7-6-8-20(15)13(4)18(23)17-11(2)16(14(5)22)12(3)19-17/h10,13,15,19,21H,6-9H2,1-5H3. The summed E-state index contributed by atoms with van der Waals surface area (Å²) in [4.78, 5) is 30.0. The van der Waals surface area contributed by atoms with E-state index in [0.717, 1.165) is 30.6 Å². The molecule has 1 fully saturated rings. The Balaban J connectivity index is 2.23. The van der Waals surface area contributed by atoms with Crippen LogP contribution >= 0.6 is 0 Å². The van der Waals surface area contributed by atoms with Crippen LogP contribution in [0.4, 0.5) is 0 Å². The smallest absolute Gasteiger partial charge is 0.196 e. The van der Waals surface area contributed by atoms with Crippen LogP contribution in [-0.4, -0.2) is 51.3 Å². The van der Waals surface area contributed by atoms with Crippen molar-refractivity contribution in [3.8, 4) is 0 Å². The molecule has 1 aliphatic rings. The van der Waals surface area contributed by atoms with Crippen molar-refractivity contribution >= 4 is 11.6 Å². The fraction of sp³-hybridized carbons (Fsp3) is 0.667. The molecular formula is C18H28N2O3. The number of likely N-dealkylation sites (tertiary alicyclic amines) is 1. The fourth-order valence-electron chi connectivity index (χ4n) is 3.90. The van der Waals surface area contributed by atoms with E-state index in [2.05, 4.69) is 9.88 Å². The van der Waals surface area contributed by atoms with E-state index in [1.165, 1.54) is 6.92 Å². The number of rotatable bonds is 6. The van der Waals surface area contributed by atoms with Gasteiger partial charge in [0.25, 0.3) is 0 Å². The Labute approximate surface area is 138 Å². The van der Waals surface area contributed by atoms with Gasteiger partial charge < -0.3 is 10.1 Å². The van der Waals surface area contributed by atoms with Crippen molar-refractivity contribution in [1.82, 2.24) is 9.88 Å². The van der Waals surface area contributed by atoms with Crippen molar-refractivity contribution < 1.29 is 14.7 Å². The van der Waals surface area contributed by atoms with E-state index in [1.54, 1.807) is 6.92 Å². The van der Waals surface area contributed by atoms with Crippen LogP contribution in [0.1, 0.15) is 72.1 Å². The van der Waals surface area contributed by atoms with Crippen molar-refractivity contribution in [1.29, 1.82) is 0 Å². The zero-order chi connectivity index (χ0) is 17.3. The van der Waals surface area contributed by atoms with Crippen LogP contribution in [0.15, 0.2) is 0 Å². The minimum Gasteiger partial charge on any atom is -0.393 e. The summed E-state index contributed by atoms with van der Waals surface area (Å²) in [7, 11) is 0. The number of carbonyl (C=O) groups is 2. The first-order valence-corrected chi connectivity index (χ1v) is 8.42. The Kier molecular flexibility index (Phi) is 5.42. The van der Waals surface area contributed by atoms with Gasteiger partial charge in [0.2, 0.25) is 0 Å². The summed E-state index contributed by atoms with van der Waals surface area (Å²) in [6, 6.07) is -0.00426. The number of hydrogen-bond donors (Lipinski definition) is 2. The van der Waals surface area contributed by atoms with E-state index < -0.39 is 0 Å². The first-order valence-electron chi connectivity index (χ1n) is 8.42. The average Bonchev–Trinajstić information content (AvgIpc) is 3.01. The molecule has 1 aliphatic heterocycles. The lowest BCUT2D eigenvalue weighted by Gasteiger charge is -2.30. The van der Waals surface area contributed by atoms with Gasteiger partial charge in [-0.15, -0.1) is 0 Å². The molecule has 2 rings (SSSR count). The maximum Gasteiger partial charge on any atom is 0.196 e. The number of carbonyl (C=O) groups excluding carboxylic acids is 2. The molecule has 2 heterocycles. The van der Waals surface area contributed by atoms with Gasteiger partial charge in [-0.1, -0.05) is 0 Å². The third kappa shape index (κ3) is 3.56. The number of Topliss-reactive ketones (excluding diaryl/α,β-unsaturated/α-hetero) is 2. The molecule has 3 unspecified atom stereocenters. The Hall–Kier alpha value is -1.46. The zero-order valence-corrected chi connectivity index (χ0v) is 14.8. The number of hydrogen-bond acceptors (Lipinski definition) is 4. The number of aliphatic hydroxyl groups is 1. The average molecular weight is 320 g/mol. The largest absolute Gasteiger partial charge is 0.393 e. The molecule has 0 bridgehead atoms. The highest BCUT2D eigenvalue weighted by atomic mass is 16.3. The highest BCUT2D eigenvalue weighted by Crippen LogP contribution is 2.27. The molecule has 0 spiro atoms. The number of aromatic nitrogens is 1. The molecule has 5 heteroatoms. The number of aryl methyl sites for hydroxylation is 1. The van der Waals surface area contributed by atoms with Crippen molar-refractivity contribution in [2.24, 2.45) is 0 Å². The summed E-state index contributed by atoms with van der Waals surface area (Å²) < 4.78 is 0. The highest BCUT2D eigenvalue weighted by molar-refractivity contribution is 6.05. The SMILES string of the molecule is CC(=O)c1c(C)[nH]c(C(=O)C(C)N2CCCC2CC(C)O)c1C. The van der Waals surface area contributed by atoms with E-state index in [-0.39, 0.29) is 29.8 Å². The summed E-state index contributed by atoms with van der Waals surface area (Å²) in [5.74, 6) is 0.00620. The summed E-state index contributed by atoms with van der Waals surface area (Å²) in [6.45, 7) is 9.78. The minimum atomic E-state index is -0.360. The van der Waals surface area contributed by atoms with E-state index in [0.29, 0.717) is 17.7 Å². The molecule has 2 N–H and O–H groups in total. The molecule has 1 aromatic heterocycles. The van der Waals surface area contributed by atoms with Gasteiger partial charge >= 0.3 is 0 Å². The molecule has 0 aromatic carbocycles. The lowest BCUT2D eigenvalue weighted by molar-refractivity contribution is 0.0746. The number of H-pyrrole nitrogens is 1. The molecule has 0 radical (unpaired) electrons. The first kappa shape index (κ1) is 17.9. The van der Waals surface area contributed by atoms with E-state index in [4.69, 9.17) is 0 Å². The maximum atomic E-state index is 12.9. The van der Waals surface area contributed by atoms with E-state index >= 15 is 0 Å². The van der Waals surface area contributed by atoms with Crippen LogP contribution < -0.4 is 0 Å². The van der Waals surface area contributed by atoms with Crippen LogP contribution in [0.5, 0.6) is 0 Å². The van der Waals surface area contributed by atoms with Crippen molar-refractivity contribution in [2.45, 2.75) is 72.1 Å². The molecule has 0 aliphatic carbocycles. The lowest BCUT2D eigenvalue weighted by atomic mass is 10.0. The quantitative estimate of drug-likeness (QED) is 0.790. The van der Waals surface area contributed by atoms with Gasteiger partial charge in [-0.2, -0.15) is 0 Å². The topological polar surface area (TPSA) is 73.4 Å². The second-order valence-corrected chi connectivity index (χ2v) is 6.84. The third-order valence-corrected chi connectivity index (χ3v) is 4.95.